The number of hydrogen-bond donors (Lipinski definition) is 0. The number of piperidine rings is 1. The molecule has 3 heterocycles. The molecular weight excluding hydrogens is 348 g/mol. The molecule has 2 aliphatic heterocycles. The van der Waals surface area contributed by atoms with Crippen LogP contribution in [0.3, 0.4) is 0 Å². The highest BCUT2D eigenvalue weighted by atomic mass is 32.2. The van der Waals surface area contributed by atoms with Crippen LogP contribution in [0, 0.1) is 6.92 Å². The van der Waals surface area contributed by atoms with Crippen molar-refractivity contribution in [1.29, 1.82) is 0 Å². The number of fused-ring (bicyclic) bond motifs is 2. The van der Waals surface area contributed by atoms with Crippen molar-refractivity contribution in [2.24, 2.45) is 0 Å². The summed E-state index contributed by atoms with van der Waals surface area (Å²) in [5, 5.41) is 1.94. The van der Waals surface area contributed by atoms with Gasteiger partial charge in [-0.1, -0.05) is 11.8 Å². The number of benzene rings is 1. The summed E-state index contributed by atoms with van der Waals surface area (Å²) in [5.74, 6) is 2.17. The lowest BCUT2D eigenvalue weighted by molar-refractivity contribution is -0.131. The predicted molar refractivity (Wildman–Crippen MR) is 103 cm³/mol. The summed E-state index contributed by atoms with van der Waals surface area (Å²) in [4.78, 5) is 19.4. The summed E-state index contributed by atoms with van der Waals surface area (Å²) >= 11 is 1.53. The number of carbonyl (C=O) groups excluding carboxylic acids is 1. The third-order valence-corrected chi connectivity index (χ3v) is 6.16. The number of nitrogens with zero attached hydrogens (tertiary/aromatic N) is 2. The molecule has 0 bridgehead atoms. The van der Waals surface area contributed by atoms with E-state index >= 15 is 0 Å². The summed E-state index contributed by atoms with van der Waals surface area (Å²) in [6.07, 6.45) is 3.44. The van der Waals surface area contributed by atoms with Crippen molar-refractivity contribution < 1.29 is 14.3 Å². The number of rotatable bonds is 3. The Morgan fingerprint density at radius 1 is 1.23 bits per heavy atom. The molecule has 4 rings (SSSR count). The molecule has 0 spiro atoms. The van der Waals surface area contributed by atoms with Gasteiger partial charge in [0.1, 0.15) is 18.2 Å². The number of carbonyl (C=O) groups is 1. The molecule has 5 nitrogen and oxygen atoms in total. The molecule has 0 unspecified atom stereocenters. The van der Waals surface area contributed by atoms with Crippen LogP contribution in [0.2, 0.25) is 0 Å². The van der Waals surface area contributed by atoms with Gasteiger partial charge >= 0.3 is 0 Å². The summed E-state index contributed by atoms with van der Waals surface area (Å²) < 4.78 is 11.3. The van der Waals surface area contributed by atoms with E-state index in [-0.39, 0.29) is 5.91 Å². The van der Waals surface area contributed by atoms with Gasteiger partial charge in [0.25, 0.3) is 0 Å². The number of thioether (sulfide) groups is 1. The molecule has 1 saturated heterocycles. The summed E-state index contributed by atoms with van der Waals surface area (Å²) in [5.41, 5.74) is 1.96. The van der Waals surface area contributed by atoms with Crippen LogP contribution in [0.5, 0.6) is 11.5 Å². The summed E-state index contributed by atoms with van der Waals surface area (Å²) in [6.45, 7) is 6.21. The maximum atomic E-state index is 12.6. The van der Waals surface area contributed by atoms with Crippen LogP contribution in [0.4, 0.5) is 0 Å². The molecule has 138 valence electrons. The van der Waals surface area contributed by atoms with Gasteiger partial charge in [-0.25, -0.2) is 4.98 Å². The molecule has 6 heteroatoms. The second-order valence-electron chi connectivity index (χ2n) is 7.02. The number of pyridine rings is 1. The van der Waals surface area contributed by atoms with Crippen molar-refractivity contribution in [3.8, 4) is 11.5 Å². The van der Waals surface area contributed by atoms with Crippen molar-refractivity contribution >= 4 is 28.6 Å². The van der Waals surface area contributed by atoms with E-state index in [0.29, 0.717) is 25.0 Å². The van der Waals surface area contributed by atoms with Crippen molar-refractivity contribution in [2.45, 2.75) is 44.2 Å². The predicted octanol–water partition coefficient (Wildman–Crippen LogP) is 3.81. The zero-order chi connectivity index (χ0) is 18.1. The van der Waals surface area contributed by atoms with Gasteiger partial charge in [0.15, 0.2) is 11.5 Å². The first kappa shape index (κ1) is 17.5. The lowest BCUT2D eigenvalue weighted by atomic mass is 10.0. The second-order valence-corrected chi connectivity index (χ2v) is 7.98. The average Bonchev–Trinajstić information content (AvgIpc) is 2.65. The number of ether oxygens (including phenoxy) is 2. The number of amides is 1. The van der Waals surface area contributed by atoms with Gasteiger partial charge in [-0.3, -0.25) is 4.79 Å². The van der Waals surface area contributed by atoms with Crippen LogP contribution in [0.1, 0.15) is 31.7 Å². The highest BCUT2D eigenvalue weighted by molar-refractivity contribution is 7.99. The SMILES string of the molecule is Cc1cc2cc3c(cc2nc1SCC(=O)N1CCCC[C@H]1C)OCCO3. The largest absolute Gasteiger partial charge is 0.486 e. The molecule has 1 aromatic carbocycles. The fourth-order valence-corrected chi connectivity index (χ4v) is 4.50. The molecule has 1 fully saturated rings. The van der Waals surface area contributed by atoms with Crippen molar-refractivity contribution in [3.05, 3.63) is 23.8 Å². The first-order chi connectivity index (χ1) is 12.6. The van der Waals surface area contributed by atoms with Gasteiger partial charge in [-0.15, -0.1) is 0 Å². The van der Waals surface area contributed by atoms with Crippen LogP contribution in [-0.4, -0.2) is 47.3 Å². The standard InChI is InChI=1S/C20H24N2O3S/c1-13-9-15-10-17-18(25-8-7-24-17)11-16(15)21-20(13)26-12-19(23)22-6-4-3-5-14(22)2/h9-11,14H,3-8,12H2,1-2H3/t14-/m1/s1. The Morgan fingerprint density at radius 3 is 2.77 bits per heavy atom. The molecule has 1 amide bonds. The first-order valence-corrected chi connectivity index (χ1v) is 10.2. The Morgan fingerprint density at radius 2 is 2.00 bits per heavy atom. The quantitative estimate of drug-likeness (QED) is 0.767. The molecule has 1 atom stereocenters. The zero-order valence-electron chi connectivity index (χ0n) is 15.3. The summed E-state index contributed by atoms with van der Waals surface area (Å²) in [6, 6.07) is 6.38. The molecule has 26 heavy (non-hydrogen) atoms. The Hall–Kier alpha value is -1.95. The van der Waals surface area contributed by atoms with Gasteiger partial charge in [0.05, 0.1) is 11.3 Å². The first-order valence-electron chi connectivity index (χ1n) is 9.25. The highest BCUT2D eigenvalue weighted by Gasteiger charge is 2.23. The van der Waals surface area contributed by atoms with Crippen LogP contribution < -0.4 is 9.47 Å². The minimum Gasteiger partial charge on any atom is -0.486 e. The number of aryl methyl sites for hydroxylation is 1. The zero-order valence-corrected chi connectivity index (χ0v) is 16.1. The van der Waals surface area contributed by atoms with Gasteiger partial charge < -0.3 is 14.4 Å². The van der Waals surface area contributed by atoms with Gasteiger partial charge in [0, 0.05) is 24.0 Å². The number of aromatic nitrogens is 1. The Labute approximate surface area is 158 Å². The Balaban J connectivity index is 1.52. The smallest absolute Gasteiger partial charge is 0.233 e. The topological polar surface area (TPSA) is 51.7 Å². The maximum Gasteiger partial charge on any atom is 0.233 e. The van der Waals surface area contributed by atoms with Crippen LogP contribution >= 0.6 is 11.8 Å². The monoisotopic (exact) mass is 372 g/mol. The van der Waals surface area contributed by atoms with Crippen molar-refractivity contribution in [3.63, 3.8) is 0 Å². The third-order valence-electron chi connectivity index (χ3n) is 5.08. The Bertz CT molecular complexity index is 839. The number of likely N-dealkylation sites (tertiary alicyclic amines) is 1. The van der Waals surface area contributed by atoms with Gasteiger partial charge in [-0.05, 0) is 50.8 Å². The fraction of sp³-hybridized carbons (Fsp3) is 0.500. The van der Waals surface area contributed by atoms with E-state index in [4.69, 9.17) is 14.5 Å². The molecule has 2 aliphatic rings. The minimum atomic E-state index is 0.214. The fourth-order valence-electron chi connectivity index (χ4n) is 3.63. The van der Waals surface area contributed by atoms with Crippen molar-refractivity contribution in [1.82, 2.24) is 9.88 Å². The van der Waals surface area contributed by atoms with E-state index in [1.165, 1.54) is 18.2 Å². The second kappa shape index (κ2) is 7.35. The minimum absolute atomic E-state index is 0.214. The van der Waals surface area contributed by atoms with Crippen LogP contribution in [0.15, 0.2) is 23.2 Å². The molecule has 0 N–H and O–H groups in total. The third kappa shape index (κ3) is 3.47. The molecule has 0 saturated carbocycles. The van der Waals surface area contributed by atoms with E-state index in [2.05, 4.69) is 13.0 Å². The van der Waals surface area contributed by atoms with E-state index in [1.807, 2.05) is 24.0 Å². The molecular formula is C20H24N2O3S. The van der Waals surface area contributed by atoms with E-state index in [0.717, 1.165) is 52.4 Å². The molecule has 1 aromatic heterocycles. The normalized spacial score (nSPS) is 19.6. The molecule has 0 aliphatic carbocycles. The highest BCUT2D eigenvalue weighted by Crippen LogP contribution is 2.35. The molecule has 2 aromatic rings. The maximum absolute atomic E-state index is 12.6. The summed E-state index contributed by atoms with van der Waals surface area (Å²) in [7, 11) is 0. The Kier molecular flexibility index (Phi) is 4.94. The van der Waals surface area contributed by atoms with Crippen LogP contribution in [-0.2, 0) is 4.79 Å². The lowest BCUT2D eigenvalue weighted by Gasteiger charge is -2.33. The van der Waals surface area contributed by atoms with Gasteiger partial charge in [0.2, 0.25) is 5.91 Å². The van der Waals surface area contributed by atoms with Gasteiger partial charge in [-0.2, -0.15) is 0 Å². The average molecular weight is 372 g/mol. The van der Waals surface area contributed by atoms with Crippen molar-refractivity contribution in [2.75, 3.05) is 25.5 Å². The number of hydrogen-bond acceptors (Lipinski definition) is 5. The van der Waals surface area contributed by atoms with E-state index in [1.54, 1.807) is 0 Å². The van der Waals surface area contributed by atoms with E-state index < -0.39 is 0 Å². The lowest BCUT2D eigenvalue weighted by Crippen LogP contribution is -2.42. The molecule has 0 radical (unpaired) electrons. The van der Waals surface area contributed by atoms with E-state index in [9.17, 15) is 4.79 Å². The van der Waals surface area contributed by atoms with Crippen LogP contribution in [0.25, 0.3) is 10.9 Å².